The first kappa shape index (κ1) is 23.5. The van der Waals surface area contributed by atoms with Crippen LogP contribution in [0.1, 0.15) is 32.4 Å². The number of nitrogens with one attached hydrogen (secondary N) is 3. The maximum Gasteiger partial charge on any atom is 0.335 e. The van der Waals surface area contributed by atoms with Crippen LogP contribution >= 0.6 is 11.6 Å². The number of hydrazone groups is 2. The van der Waals surface area contributed by atoms with Crippen molar-refractivity contribution < 1.29 is 24.5 Å². The monoisotopic (exact) mass is 491 g/mol. The van der Waals surface area contributed by atoms with Gasteiger partial charge in [-0.2, -0.15) is 10.2 Å². The molecule has 1 saturated heterocycles. The first-order valence-electron chi connectivity index (χ1n) is 10.2. The van der Waals surface area contributed by atoms with Crippen LogP contribution in [-0.4, -0.2) is 39.5 Å². The van der Waals surface area contributed by atoms with Gasteiger partial charge in [-0.25, -0.2) is 9.59 Å². The fourth-order valence-electron chi connectivity index (χ4n) is 3.21. The number of hydrogen-bond donors (Lipinski definition) is 5. The zero-order valence-electron chi connectivity index (χ0n) is 17.9. The Labute approximate surface area is 204 Å². The van der Waals surface area contributed by atoms with Crippen LogP contribution in [0, 0.1) is 5.41 Å². The molecule has 35 heavy (non-hydrogen) atoms. The number of ether oxygens (including phenoxy) is 1. The summed E-state index contributed by atoms with van der Waals surface area (Å²) in [6.45, 7) is 0. The van der Waals surface area contributed by atoms with Crippen LogP contribution in [0.3, 0.4) is 0 Å². The molecular formula is C24H18ClN5O5. The van der Waals surface area contributed by atoms with E-state index >= 15 is 0 Å². The summed E-state index contributed by atoms with van der Waals surface area (Å²) in [5.74, 6) is -2.34. The van der Waals surface area contributed by atoms with E-state index in [1.807, 2.05) is 0 Å². The average Bonchev–Trinajstić information content (AvgIpc) is 3.16. The number of halogens is 1. The lowest BCUT2D eigenvalue weighted by molar-refractivity contribution is 0.0686. The second-order valence-electron chi connectivity index (χ2n) is 7.29. The number of carbonyl (C=O) groups is 2. The van der Waals surface area contributed by atoms with Crippen LogP contribution < -0.4 is 10.9 Å². The number of aromatic carboxylic acids is 2. The average molecular weight is 492 g/mol. The summed E-state index contributed by atoms with van der Waals surface area (Å²) in [6.07, 6.45) is -0.822. The summed E-state index contributed by atoms with van der Waals surface area (Å²) in [4.78, 5) is 22.1. The van der Waals surface area contributed by atoms with Crippen LogP contribution in [-0.2, 0) is 4.74 Å². The molecule has 0 bridgehead atoms. The minimum absolute atomic E-state index is 0.104. The van der Waals surface area contributed by atoms with Crippen LogP contribution in [0.25, 0.3) is 0 Å². The second-order valence-corrected chi connectivity index (χ2v) is 7.70. The lowest BCUT2D eigenvalue weighted by Gasteiger charge is -2.12. The van der Waals surface area contributed by atoms with Gasteiger partial charge in [-0.1, -0.05) is 29.8 Å². The molecule has 1 heterocycles. The molecule has 3 aromatic rings. The van der Waals surface area contributed by atoms with E-state index in [-0.39, 0.29) is 28.4 Å². The first-order chi connectivity index (χ1) is 16.8. The summed E-state index contributed by atoms with van der Waals surface area (Å²) in [6, 6.07) is 18.9. The Hall–Kier alpha value is -4.70. The van der Waals surface area contributed by atoms with Crippen molar-refractivity contribution in [1.82, 2.24) is 0 Å². The van der Waals surface area contributed by atoms with Gasteiger partial charge in [0.1, 0.15) is 5.71 Å². The van der Waals surface area contributed by atoms with Crippen LogP contribution in [0.5, 0.6) is 0 Å². The van der Waals surface area contributed by atoms with Gasteiger partial charge in [0.2, 0.25) is 5.90 Å². The molecule has 0 saturated carbocycles. The molecule has 1 aliphatic heterocycles. The number of rotatable bonds is 7. The first-order valence-corrected chi connectivity index (χ1v) is 10.6. The topological polar surface area (TPSA) is 156 Å². The maximum atomic E-state index is 11.1. The molecule has 0 radical (unpaired) electrons. The van der Waals surface area contributed by atoms with Gasteiger partial charge in [-0.15, -0.1) is 0 Å². The van der Waals surface area contributed by atoms with E-state index in [1.54, 1.807) is 36.4 Å². The fourth-order valence-corrected chi connectivity index (χ4v) is 3.44. The van der Waals surface area contributed by atoms with Crippen molar-refractivity contribution in [3.05, 3.63) is 94.5 Å². The van der Waals surface area contributed by atoms with Crippen LogP contribution in [0.4, 0.5) is 11.4 Å². The van der Waals surface area contributed by atoms with Gasteiger partial charge in [-0.3, -0.25) is 16.3 Å². The highest BCUT2D eigenvalue weighted by atomic mass is 35.5. The minimum Gasteiger partial charge on any atom is -0.478 e. The zero-order chi connectivity index (χ0) is 24.9. The molecule has 0 amide bonds. The van der Waals surface area contributed by atoms with E-state index in [0.717, 1.165) is 0 Å². The Bertz CT molecular complexity index is 1350. The third-order valence-electron chi connectivity index (χ3n) is 5.00. The predicted octanol–water partition coefficient (Wildman–Crippen LogP) is 4.72. The van der Waals surface area contributed by atoms with Crippen molar-refractivity contribution in [1.29, 1.82) is 5.41 Å². The molecule has 5 N–H and O–H groups in total. The molecular weight excluding hydrogens is 474 g/mol. The van der Waals surface area contributed by atoms with Gasteiger partial charge < -0.3 is 14.9 Å². The lowest BCUT2D eigenvalue weighted by Crippen LogP contribution is -2.20. The minimum atomic E-state index is -1.05. The Morgan fingerprint density at radius 2 is 1.34 bits per heavy atom. The Morgan fingerprint density at radius 3 is 1.86 bits per heavy atom. The summed E-state index contributed by atoms with van der Waals surface area (Å²) in [5.41, 5.74) is 7.83. The maximum absolute atomic E-state index is 11.1. The van der Waals surface area contributed by atoms with E-state index in [9.17, 15) is 9.59 Å². The molecule has 176 valence electrons. The van der Waals surface area contributed by atoms with Crippen LogP contribution in [0.15, 0.2) is 83.0 Å². The molecule has 0 aromatic heterocycles. The van der Waals surface area contributed by atoms with Crippen molar-refractivity contribution in [2.75, 3.05) is 10.9 Å². The summed E-state index contributed by atoms with van der Waals surface area (Å²) < 4.78 is 5.73. The number of carboxylic acid groups (broad SMARTS) is 2. The molecule has 11 heteroatoms. The Balaban J connectivity index is 1.66. The number of carboxylic acids is 2. The van der Waals surface area contributed by atoms with Crippen molar-refractivity contribution in [3.8, 4) is 0 Å². The smallest absolute Gasteiger partial charge is 0.335 e. The molecule has 1 fully saturated rings. The van der Waals surface area contributed by atoms with E-state index in [2.05, 4.69) is 21.1 Å². The summed E-state index contributed by atoms with van der Waals surface area (Å²) in [5, 5.41) is 35.5. The number of hydrogen-bond acceptors (Lipinski definition) is 8. The van der Waals surface area contributed by atoms with Crippen molar-refractivity contribution >= 4 is 52.2 Å². The highest BCUT2D eigenvalue weighted by Gasteiger charge is 2.38. The standard InChI is InChI=1S/C24H18ClN5O5/c25-18-4-2-1-3-17(18)21-19(29-27-15-9-5-13(6-10-15)23(31)32)20(22(26)35-21)30-28-16-11-7-14(8-12-16)24(33)34/h1-12,21,26-28H,(H,31,32)(H,33,34)/b26-22?,29-19+,30-20+/t21-/m1/s1. The quantitative estimate of drug-likeness (QED) is 0.299. The van der Waals surface area contributed by atoms with E-state index in [1.165, 1.54) is 36.4 Å². The Morgan fingerprint density at radius 1 is 0.829 bits per heavy atom. The van der Waals surface area contributed by atoms with Crippen molar-refractivity contribution in [3.63, 3.8) is 0 Å². The highest BCUT2D eigenvalue weighted by Crippen LogP contribution is 2.32. The van der Waals surface area contributed by atoms with Gasteiger partial charge >= 0.3 is 11.9 Å². The van der Waals surface area contributed by atoms with Crippen molar-refractivity contribution in [2.24, 2.45) is 10.2 Å². The molecule has 0 aliphatic carbocycles. The molecule has 0 spiro atoms. The number of benzene rings is 3. The SMILES string of the molecule is N=C1O[C@H](c2ccccc2Cl)C(=N/Nc2ccc(C(=O)O)cc2)/C1=N\Nc1ccc(C(=O)O)cc1. The number of anilines is 2. The summed E-state index contributed by atoms with van der Waals surface area (Å²) >= 11 is 6.36. The second kappa shape index (κ2) is 10.1. The van der Waals surface area contributed by atoms with Gasteiger partial charge in [0, 0.05) is 10.6 Å². The van der Waals surface area contributed by atoms with E-state index in [4.69, 9.17) is 32.0 Å². The summed E-state index contributed by atoms with van der Waals surface area (Å²) in [7, 11) is 0. The predicted molar refractivity (Wildman–Crippen MR) is 132 cm³/mol. The Kier molecular flexibility index (Phi) is 6.74. The molecule has 1 aliphatic rings. The van der Waals surface area contributed by atoms with Gasteiger partial charge in [0.05, 0.1) is 22.5 Å². The lowest BCUT2D eigenvalue weighted by atomic mass is 10.0. The largest absolute Gasteiger partial charge is 0.478 e. The third kappa shape index (κ3) is 5.28. The van der Waals surface area contributed by atoms with Gasteiger partial charge in [-0.05, 0) is 54.6 Å². The molecule has 4 rings (SSSR count). The zero-order valence-corrected chi connectivity index (χ0v) is 18.7. The molecule has 10 nitrogen and oxygen atoms in total. The fraction of sp³-hybridized carbons (Fsp3) is 0.0417. The van der Waals surface area contributed by atoms with Gasteiger partial charge in [0.25, 0.3) is 0 Å². The normalized spacial score (nSPS) is 17.3. The highest BCUT2D eigenvalue weighted by molar-refractivity contribution is 6.70. The van der Waals surface area contributed by atoms with E-state index < -0.39 is 18.0 Å². The molecule has 3 aromatic carbocycles. The van der Waals surface area contributed by atoms with Crippen molar-refractivity contribution in [2.45, 2.75) is 6.10 Å². The van der Waals surface area contributed by atoms with E-state index in [0.29, 0.717) is 22.0 Å². The third-order valence-corrected chi connectivity index (χ3v) is 5.34. The molecule has 0 unspecified atom stereocenters. The molecule has 1 atom stereocenters. The van der Waals surface area contributed by atoms with Crippen LogP contribution in [0.2, 0.25) is 5.02 Å². The number of nitrogens with zero attached hydrogens (tertiary/aromatic N) is 2. The van der Waals surface area contributed by atoms with Gasteiger partial charge in [0.15, 0.2) is 11.8 Å².